The zero-order valence-corrected chi connectivity index (χ0v) is 22.3. The van der Waals surface area contributed by atoms with E-state index in [0.29, 0.717) is 0 Å². The molecule has 0 fully saturated rings. The van der Waals surface area contributed by atoms with Gasteiger partial charge >= 0.3 is 0 Å². The lowest BCUT2D eigenvalue weighted by molar-refractivity contribution is 0.285. The van der Waals surface area contributed by atoms with Gasteiger partial charge < -0.3 is 9.26 Å². The van der Waals surface area contributed by atoms with Gasteiger partial charge in [-0.25, -0.2) is 0 Å². The van der Waals surface area contributed by atoms with Crippen molar-refractivity contribution in [1.29, 1.82) is 0 Å². The van der Waals surface area contributed by atoms with Gasteiger partial charge in [0, 0.05) is 5.56 Å². The van der Waals surface area contributed by atoms with Gasteiger partial charge in [0.05, 0.1) is 0 Å². The molecular weight excluding hydrogens is 399 g/mol. The van der Waals surface area contributed by atoms with E-state index >= 15 is 0 Å². The van der Waals surface area contributed by atoms with Gasteiger partial charge in [-0.3, -0.25) is 0 Å². The predicted molar refractivity (Wildman–Crippen MR) is 137 cm³/mol. The first kappa shape index (κ1) is 25.7. The Hall–Kier alpha value is -1.53. The monoisotopic (exact) mass is 442 g/mol. The Kier molecular flexibility index (Phi) is 8.26. The standard InChI is InChI=1S/C28H43O2P/c1-11-27(7,8)21-13-16-23(17-14-21)30-31-20(3)29-25-18-15-22(26(4,5)6)19-24(25)28(9,10)12-2/h13-20,31H,11-12H2,1-10H3. The minimum absolute atomic E-state index is 0.0151. The van der Waals surface area contributed by atoms with Crippen molar-refractivity contribution in [3.63, 3.8) is 0 Å². The van der Waals surface area contributed by atoms with E-state index in [2.05, 4.69) is 112 Å². The molecule has 0 aliphatic rings. The summed E-state index contributed by atoms with van der Waals surface area (Å²) in [5.74, 6) is 1.86. The Morgan fingerprint density at radius 1 is 0.774 bits per heavy atom. The van der Waals surface area contributed by atoms with E-state index in [9.17, 15) is 0 Å². The molecule has 0 aromatic heterocycles. The molecule has 2 nitrogen and oxygen atoms in total. The second-order valence-electron chi connectivity index (χ2n) is 10.9. The van der Waals surface area contributed by atoms with Gasteiger partial charge in [-0.1, -0.05) is 86.6 Å². The van der Waals surface area contributed by atoms with Gasteiger partial charge in [-0.15, -0.1) is 0 Å². The number of benzene rings is 2. The number of hydrogen-bond donors (Lipinski definition) is 0. The molecule has 2 aromatic rings. The highest BCUT2D eigenvalue weighted by Crippen LogP contribution is 2.39. The summed E-state index contributed by atoms with van der Waals surface area (Å²) < 4.78 is 12.5. The molecule has 0 N–H and O–H groups in total. The van der Waals surface area contributed by atoms with E-state index in [0.717, 1.165) is 24.3 Å². The van der Waals surface area contributed by atoms with Crippen LogP contribution in [0.15, 0.2) is 42.5 Å². The van der Waals surface area contributed by atoms with Crippen molar-refractivity contribution in [3.8, 4) is 11.5 Å². The lowest BCUT2D eigenvalue weighted by Crippen LogP contribution is -2.21. The molecule has 2 atom stereocenters. The van der Waals surface area contributed by atoms with E-state index in [1.165, 1.54) is 16.7 Å². The molecule has 0 heterocycles. The number of ether oxygens (including phenoxy) is 1. The van der Waals surface area contributed by atoms with Crippen LogP contribution in [0.25, 0.3) is 0 Å². The lowest BCUT2D eigenvalue weighted by Gasteiger charge is -2.30. The van der Waals surface area contributed by atoms with Crippen LogP contribution in [0.4, 0.5) is 0 Å². The van der Waals surface area contributed by atoms with Gasteiger partial charge in [-0.2, -0.15) is 0 Å². The summed E-state index contributed by atoms with van der Waals surface area (Å²) in [7, 11) is 0.237. The zero-order chi connectivity index (χ0) is 23.4. The molecule has 0 amide bonds. The molecule has 0 bridgehead atoms. The third-order valence-corrected chi connectivity index (χ3v) is 7.43. The van der Waals surface area contributed by atoms with Crippen molar-refractivity contribution in [3.05, 3.63) is 59.2 Å². The molecule has 0 aliphatic carbocycles. The second-order valence-corrected chi connectivity index (χ2v) is 12.2. The lowest BCUT2D eigenvalue weighted by atomic mass is 9.78. The van der Waals surface area contributed by atoms with Gasteiger partial charge in [0.2, 0.25) is 0 Å². The largest absolute Gasteiger partial charge is 0.483 e. The molecule has 2 unspecified atom stereocenters. The summed E-state index contributed by atoms with van der Waals surface area (Å²) in [6.45, 7) is 22.5. The van der Waals surface area contributed by atoms with Crippen LogP contribution in [0.1, 0.15) is 98.8 Å². The normalized spacial score (nSPS) is 14.1. The van der Waals surface area contributed by atoms with E-state index in [1.54, 1.807) is 0 Å². The van der Waals surface area contributed by atoms with Gasteiger partial charge in [0.15, 0.2) is 0 Å². The molecular formula is C28H43O2P. The smallest absolute Gasteiger partial charge is 0.148 e. The first-order chi connectivity index (χ1) is 14.3. The zero-order valence-electron chi connectivity index (χ0n) is 21.3. The predicted octanol–water partition coefficient (Wildman–Crippen LogP) is 8.76. The summed E-state index contributed by atoms with van der Waals surface area (Å²) in [6.07, 6.45) is 2.18. The van der Waals surface area contributed by atoms with Crippen LogP contribution >= 0.6 is 8.81 Å². The maximum Gasteiger partial charge on any atom is 0.148 e. The quantitative estimate of drug-likeness (QED) is 0.361. The first-order valence-electron chi connectivity index (χ1n) is 11.6. The van der Waals surface area contributed by atoms with Crippen molar-refractivity contribution in [2.24, 2.45) is 0 Å². The van der Waals surface area contributed by atoms with Crippen LogP contribution in [0, 0.1) is 0 Å². The summed E-state index contributed by atoms with van der Waals surface area (Å²) in [5, 5.41) is 0. The van der Waals surface area contributed by atoms with Crippen molar-refractivity contribution in [2.45, 2.75) is 104 Å². The molecule has 2 aromatic carbocycles. The molecule has 2 rings (SSSR count). The highest BCUT2D eigenvalue weighted by Gasteiger charge is 2.26. The maximum atomic E-state index is 6.41. The number of rotatable bonds is 9. The number of hydrogen-bond acceptors (Lipinski definition) is 2. The van der Waals surface area contributed by atoms with E-state index in [1.807, 2.05) is 0 Å². The molecule has 3 heteroatoms. The Morgan fingerprint density at radius 2 is 1.32 bits per heavy atom. The second kappa shape index (κ2) is 9.95. The summed E-state index contributed by atoms with van der Waals surface area (Å²) in [6, 6.07) is 15.2. The Morgan fingerprint density at radius 3 is 1.84 bits per heavy atom. The summed E-state index contributed by atoms with van der Waals surface area (Å²) >= 11 is 0. The molecule has 172 valence electrons. The Balaban J connectivity index is 2.12. The Bertz CT molecular complexity index is 844. The molecule has 31 heavy (non-hydrogen) atoms. The molecule has 0 spiro atoms. The van der Waals surface area contributed by atoms with Crippen molar-refractivity contribution in [2.75, 3.05) is 0 Å². The van der Waals surface area contributed by atoms with E-state index < -0.39 is 0 Å². The van der Waals surface area contributed by atoms with Crippen molar-refractivity contribution in [1.82, 2.24) is 0 Å². The van der Waals surface area contributed by atoms with Crippen LogP contribution < -0.4 is 9.26 Å². The van der Waals surface area contributed by atoms with Crippen LogP contribution in [0.2, 0.25) is 0 Å². The van der Waals surface area contributed by atoms with Crippen LogP contribution in [0.5, 0.6) is 11.5 Å². The van der Waals surface area contributed by atoms with Crippen LogP contribution in [-0.4, -0.2) is 5.85 Å². The van der Waals surface area contributed by atoms with E-state index in [4.69, 9.17) is 9.26 Å². The summed E-state index contributed by atoms with van der Waals surface area (Å²) in [5.41, 5.74) is 4.34. The minimum atomic E-state index is -0.0151. The topological polar surface area (TPSA) is 18.5 Å². The van der Waals surface area contributed by atoms with E-state index in [-0.39, 0.29) is 30.9 Å². The average Bonchev–Trinajstić information content (AvgIpc) is 2.72. The molecule has 0 aliphatic heterocycles. The van der Waals surface area contributed by atoms with Crippen molar-refractivity contribution < 1.29 is 9.26 Å². The highest BCUT2D eigenvalue weighted by atomic mass is 31.1. The van der Waals surface area contributed by atoms with Crippen LogP contribution in [0.3, 0.4) is 0 Å². The fraction of sp³-hybridized carbons (Fsp3) is 0.571. The average molecular weight is 443 g/mol. The minimum Gasteiger partial charge on any atom is -0.483 e. The fourth-order valence-electron chi connectivity index (χ4n) is 3.36. The molecule has 0 saturated carbocycles. The SMILES string of the molecule is CCC(C)(C)c1ccc(OPC(C)Oc2ccc(C(C)(C)C)cc2C(C)(C)CC)cc1. The fourth-order valence-corrected chi connectivity index (χ4v) is 3.98. The van der Waals surface area contributed by atoms with Gasteiger partial charge in [0.1, 0.15) is 26.2 Å². The Labute approximate surface area is 193 Å². The highest BCUT2D eigenvalue weighted by molar-refractivity contribution is 7.33. The maximum absolute atomic E-state index is 6.41. The van der Waals surface area contributed by atoms with Gasteiger partial charge in [-0.05, 0) is 65.3 Å². The first-order valence-corrected chi connectivity index (χ1v) is 12.6. The van der Waals surface area contributed by atoms with Crippen LogP contribution in [-0.2, 0) is 16.2 Å². The molecule has 0 saturated heterocycles. The molecule has 0 radical (unpaired) electrons. The summed E-state index contributed by atoms with van der Waals surface area (Å²) in [4.78, 5) is 0. The third-order valence-electron chi connectivity index (χ3n) is 6.62. The van der Waals surface area contributed by atoms with Gasteiger partial charge in [0.25, 0.3) is 0 Å². The van der Waals surface area contributed by atoms with Crippen molar-refractivity contribution >= 4 is 8.81 Å². The third kappa shape index (κ3) is 6.72.